The highest BCUT2D eigenvalue weighted by Gasteiger charge is 2.12. The molecule has 1 aromatic heterocycles. The van der Waals surface area contributed by atoms with E-state index in [4.69, 9.17) is 0 Å². The Bertz CT molecular complexity index is 453. The minimum absolute atomic E-state index is 0.163. The van der Waals surface area contributed by atoms with Gasteiger partial charge in [-0.05, 0) is 42.1 Å². The van der Waals surface area contributed by atoms with Crippen molar-refractivity contribution in [3.05, 3.63) is 58.0 Å². The molecular weight excluding hydrogens is 233 g/mol. The summed E-state index contributed by atoms with van der Waals surface area (Å²) in [5.41, 5.74) is 1.03. The summed E-state index contributed by atoms with van der Waals surface area (Å²) in [6.45, 7) is 3.00. The number of thiophene rings is 1. The molecule has 1 nitrogen and oxygen atoms in total. The van der Waals surface area contributed by atoms with Crippen molar-refractivity contribution in [1.29, 1.82) is 0 Å². The molecule has 0 saturated heterocycles. The smallest absolute Gasteiger partial charge is 0.123 e. The summed E-state index contributed by atoms with van der Waals surface area (Å²) >= 11 is 1.74. The number of hydrogen-bond donors (Lipinski definition) is 1. The molecule has 0 radical (unpaired) electrons. The van der Waals surface area contributed by atoms with Gasteiger partial charge in [-0.2, -0.15) is 0 Å². The summed E-state index contributed by atoms with van der Waals surface area (Å²) in [5, 5.41) is 5.52. The van der Waals surface area contributed by atoms with Gasteiger partial charge in [0.2, 0.25) is 0 Å². The second kappa shape index (κ2) is 5.94. The van der Waals surface area contributed by atoms with E-state index in [1.807, 2.05) is 6.07 Å². The lowest BCUT2D eigenvalue weighted by molar-refractivity contribution is 0.554. The zero-order valence-corrected chi connectivity index (χ0v) is 10.6. The highest BCUT2D eigenvalue weighted by molar-refractivity contribution is 7.10. The molecule has 1 heterocycles. The number of benzene rings is 1. The van der Waals surface area contributed by atoms with Crippen molar-refractivity contribution in [2.45, 2.75) is 19.4 Å². The molecule has 0 amide bonds. The van der Waals surface area contributed by atoms with Gasteiger partial charge in [-0.25, -0.2) is 4.39 Å². The van der Waals surface area contributed by atoms with Crippen molar-refractivity contribution >= 4 is 11.3 Å². The number of hydrogen-bond acceptors (Lipinski definition) is 2. The van der Waals surface area contributed by atoms with Gasteiger partial charge >= 0.3 is 0 Å². The topological polar surface area (TPSA) is 12.0 Å². The molecule has 0 bridgehead atoms. The number of nitrogens with one attached hydrogen (secondary N) is 1. The lowest BCUT2D eigenvalue weighted by atomic mass is 10.0. The second-order valence-corrected chi connectivity index (χ2v) is 4.94. The minimum Gasteiger partial charge on any atom is -0.309 e. The van der Waals surface area contributed by atoms with E-state index in [0.29, 0.717) is 0 Å². The first-order valence-corrected chi connectivity index (χ1v) is 6.68. The Morgan fingerprint density at radius 3 is 2.82 bits per heavy atom. The van der Waals surface area contributed by atoms with Gasteiger partial charge in [0.25, 0.3) is 0 Å². The number of likely N-dealkylation sites (N-methyl/N-ethyl adjacent to an activating group) is 1. The number of rotatable bonds is 5. The van der Waals surface area contributed by atoms with E-state index in [-0.39, 0.29) is 11.9 Å². The molecule has 0 aliphatic rings. The molecule has 1 N–H and O–H groups in total. The van der Waals surface area contributed by atoms with E-state index in [0.717, 1.165) is 18.5 Å². The van der Waals surface area contributed by atoms with Crippen LogP contribution in [-0.4, -0.2) is 6.54 Å². The Morgan fingerprint density at radius 2 is 2.18 bits per heavy atom. The molecule has 1 unspecified atom stereocenters. The molecule has 0 fully saturated rings. The summed E-state index contributed by atoms with van der Waals surface area (Å²) in [5.74, 6) is -0.163. The Balaban J connectivity index is 2.13. The first-order chi connectivity index (χ1) is 8.29. The summed E-state index contributed by atoms with van der Waals surface area (Å²) in [7, 11) is 0. The fourth-order valence-corrected chi connectivity index (χ4v) is 2.71. The van der Waals surface area contributed by atoms with Crippen LogP contribution in [0, 0.1) is 5.82 Å². The van der Waals surface area contributed by atoms with Crippen LogP contribution in [0.4, 0.5) is 4.39 Å². The highest BCUT2D eigenvalue weighted by Crippen LogP contribution is 2.23. The van der Waals surface area contributed by atoms with Gasteiger partial charge in [-0.15, -0.1) is 11.3 Å². The van der Waals surface area contributed by atoms with Crippen molar-refractivity contribution in [1.82, 2.24) is 5.32 Å². The summed E-state index contributed by atoms with van der Waals surface area (Å²) in [6.07, 6.45) is 0.826. The third-order valence-corrected chi connectivity index (χ3v) is 3.65. The Labute approximate surface area is 105 Å². The normalized spacial score (nSPS) is 12.6. The fourth-order valence-electron chi connectivity index (χ4n) is 1.91. The van der Waals surface area contributed by atoms with Crippen molar-refractivity contribution in [2.75, 3.05) is 6.54 Å². The molecule has 2 rings (SSSR count). The van der Waals surface area contributed by atoms with E-state index < -0.39 is 0 Å². The van der Waals surface area contributed by atoms with Crippen molar-refractivity contribution < 1.29 is 4.39 Å². The van der Waals surface area contributed by atoms with E-state index in [2.05, 4.69) is 29.8 Å². The zero-order valence-electron chi connectivity index (χ0n) is 9.82. The summed E-state index contributed by atoms with van der Waals surface area (Å²) < 4.78 is 13.1. The van der Waals surface area contributed by atoms with Crippen LogP contribution in [0.1, 0.15) is 23.4 Å². The molecule has 1 atom stereocenters. The van der Waals surface area contributed by atoms with E-state index in [1.54, 1.807) is 23.5 Å². The predicted molar refractivity (Wildman–Crippen MR) is 70.8 cm³/mol. The molecule has 0 spiro atoms. The molecule has 0 aliphatic carbocycles. The van der Waals surface area contributed by atoms with Gasteiger partial charge in [0.05, 0.1) is 0 Å². The minimum atomic E-state index is -0.163. The van der Waals surface area contributed by atoms with Crippen LogP contribution in [0.2, 0.25) is 0 Å². The van der Waals surface area contributed by atoms with Crippen LogP contribution in [0.3, 0.4) is 0 Å². The zero-order chi connectivity index (χ0) is 12.1. The summed E-state index contributed by atoms with van der Waals surface area (Å²) in [4.78, 5) is 1.30. The van der Waals surface area contributed by atoms with Gasteiger partial charge < -0.3 is 5.32 Å². The average Bonchev–Trinajstić information content (AvgIpc) is 2.82. The van der Waals surface area contributed by atoms with Crippen LogP contribution in [-0.2, 0) is 6.42 Å². The average molecular weight is 249 g/mol. The van der Waals surface area contributed by atoms with Crippen LogP contribution in [0.25, 0.3) is 0 Å². The lowest BCUT2D eigenvalue weighted by Gasteiger charge is -2.16. The van der Waals surface area contributed by atoms with E-state index in [1.165, 1.54) is 10.9 Å². The Kier molecular flexibility index (Phi) is 4.29. The van der Waals surface area contributed by atoms with Crippen molar-refractivity contribution in [3.8, 4) is 0 Å². The third kappa shape index (κ3) is 3.38. The molecule has 0 saturated carbocycles. The van der Waals surface area contributed by atoms with Crippen LogP contribution in [0.15, 0.2) is 41.8 Å². The Morgan fingerprint density at radius 1 is 1.29 bits per heavy atom. The quantitative estimate of drug-likeness (QED) is 0.850. The SMILES string of the molecule is CCNC(Cc1cccc(F)c1)c1cccs1. The fraction of sp³-hybridized carbons (Fsp3) is 0.286. The molecule has 3 heteroatoms. The first kappa shape index (κ1) is 12.3. The van der Waals surface area contributed by atoms with Crippen molar-refractivity contribution in [3.63, 3.8) is 0 Å². The largest absolute Gasteiger partial charge is 0.309 e. The predicted octanol–water partition coefficient (Wildman–Crippen LogP) is 3.78. The maximum absolute atomic E-state index is 13.1. The molecule has 17 heavy (non-hydrogen) atoms. The van der Waals surface area contributed by atoms with Gasteiger partial charge in [0.1, 0.15) is 5.82 Å². The van der Waals surface area contributed by atoms with Crippen LogP contribution < -0.4 is 5.32 Å². The molecule has 1 aromatic carbocycles. The molecule has 2 aromatic rings. The molecule has 90 valence electrons. The van der Waals surface area contributed by atoms with E-state index >= 15 is 0 Å². The van der Waals surface area contributed by atoms with Crippen LogP contribution >= 0.6 is 11.3 Å². The maximum Gasteiger partial charge on any atom is 0.123 e. The summed E-state index contributed by atoms with van der Waals surface area (Å²) in [6, 6.07) is 11.3. The standard InChI is InChI=1S/C14H16FNS/c1-2-16-13(14-7-4-8-17-14)10-11-5-3-6-12(15)9-11/h3-9,13,16H,2,10H2,1H3. The maximum atomic E-state index is 13.1. The first-order valence-electron chi connectivity index (χ1n) is 5.81. The van der Waals surface area contributed by atoms with Gasteiger partial charge in [-0.3, -0.25) is 0 Å². The van der Waals surface area contributed by atoms with E-state index in [9.17, 15) is 4.39 Å². The Hall–Kier alpha value is -1.19. The second-order valence-electron chi connectivity index (χ2n) is 3.96. The highest BCUT2D eigenvalue weighted by atomic mass is 32.1. The van der Waals surface area contributed by atoms with Gasteiger partial charge in [0.15, 0.2) is 0 Å². The molecule has 0 aliphatic heterocycles. The lowest BCUT2D eigenvalue weighted by Crippen LogP contribution is -2.22. The monoisotopic (exact) mass is 249 g/mol. The van der Waals surface area contributed by atoms with Gasteiger partial charge in [0, 0.05) is 10.9 Å². The third-order valence-electron chi connectivity index (χ3n) is 2.67. The van der Waals surface area contributed by atoms with Crippen LogP contribution in [0.5, 0.6) is 0 Å². The van der Waals surface area contributed by atoms with Crippen molar-refractivity contribution in [2.24, 2.45) is 0 Å². The number of halogens is 1. The molecular formula is C14H16FNS. The van der Waals surface area contributed by atoms with Gasteiger partial charge in [-0.1, -0.05) is 25.1 Å².